The summed E-state index contributed by atoms with van der Waals surface area (Å²) < 4.78 is 40.3. The van der Waals surface area contributed by atoms with E-state index < -0.39 is 12.8 Å². The molecule has 5 heteroatoms. The summed E-state index contributed by atoms with van der Waals surface area (Å²) in [6.07, 6.45) is -2.91. The maximum atomic E-state index is 11.9. The Morgan fingerprint density at radius 1 is 1.31 bits per heavy atom. The van der Waals surface area contributed by atoms with Gasteiger partial charge in [-0.1, -0.05) is 24.6 Å². The lowest BCUT2D eigenvalue weighted by Crippen LogP contribution is -2.19. The zero-order valence-electron chi connectivity index (χ0n) is 8.48. The van der Waals surface area contributed by atoms with Crippen LogP contribution in [0.25, 0.3) is 0 Å². The molecule has 0 aliphatic carbocycles. The molecular formula is C11H11ClF3O. The van der Waals surface area contributed by atoms with E-state index in [4.69, 9.17) is 11.6 Å². The highest BCUT2D eigenvalue weighted by Crippen LogP contribution is 2.27. The zero-order chi connectivity index (χ0) is 12.2. The molecule has 1 nitrogen and oxygen atoms in total. The van der Waals surface area contributed by atoms with Crippen molar-refractivity contribution in [2.75, 3.05) is 6.61 Å². The van der Waals surface area contributed by atoms with E-state index >= 15 is 0 Å². The molecule has 0 unspecified atom stereocenters. The van der Waals surface area contributed by atoms with Crippen molar-refractivity contribution < 1.29 is 17.9 Å². The van der Waals surface area contributed by atoms with Gasteiger partial charge in [0.05, 0.1) is 5.02 Å². The number of ether oxygens (including phenoxy) is 1. The van der Waals surface area contributed by atoms with E-state index in [1.165, 1.54) is 6.07 Å². The molecule has 0 aromatic heterocycles. The Bertz CT molecular complexity index is 350. The Labute approximate surface area is 97.2 Å². The number of halogens is 4. The van der Waals surface area contributed by atoms with Gasteiger partial charge in [-0.05, 0) is 30.5 Å². The van der Waals surface area contributed by atoms with E-state index in [9.17, 15) is 13.2 Å². The first-order valence-electron chi connectivity index (χ1n) is 4.69. The molecule has 16 heavy (non-hydrogen) atoms. The monoisotopic (exact) mass is 251 g/mol. The number of rotatable bonds is 4. The number of aryl methyl sites for hydroxylation is 1. The molecule has 0 N–H and O–H groups in total. The van der Waals surface area contributed by atoms with Gasteiger partial charge in [0.15, 0.2) is 6.61 Å². The summed E-state index contributed by atoms with van der Waals surface area (Å²) in [6.45, 7) is 2.35. The fraction of sp³-hybridized carbons (Fsp3) is 0.364. The molecule has 1 aromatic carbocycles. The summed E-state index contributed by atoms with van der Waals surface area (Å²) in [5.41, 5.74) is 0.930. The number of hydrogen-bond donors (Lipinski definition) is 0. The minimum absolute atomic E-state index is 0.0480. The summed E-state index contributed by atoms with van der Waals surface area (Å²) in [5.74, 6) is 0.0480. The van der Waals surface area contributed by atoms with Crippen LogP contribution in [-0.4, -0.2) is 12.8 Å². The maximum absolute atomic E-state index is 11.9. The summed E-state index contributed by atoms with van der Waals surface area (Å²) in [5, 5.41) is 0.190. The van der Waals surface area contributed by atoms with Gasteiger partial charge < -0.3 is 4.74 Å². The number of alkyl halides is 3. The highest BCUT2D eigenvalue weighted by Gasteiger charge is 2.28. The smallest absolute Gasteiger partial charge is 0.422 e. The molecule has 0 bridgehead atoms. The highest BCUT2D eigenvalue weighted by atomic mass is 35.5. The average Bonchev–Trinajstić information content (AvgIpc) is 2.15. The van der Waals surface area contributed by atoms with Crippen molar-refractivity contribution >= 4 is 11.6 Å². The largest absolute Gasteiger partial charge is 0.483 e. The van der Waals surface area contributed by atoms with Crippen LogP contribution < -0.4 is 4.74 Å². The minimum atomic E-state index is -4.35. The van der Waals surface area contributed by atoms with Crippen molar-refractivity contribution in [1.29, 1.82) is 0 Å². The van der Waals surface area contributed by atoms with Gasteiger partial charge in [0, 0.05) is 0 Å². The van der Waals surface area contributed by atoms with E-state index in [0.717, 1.165) is 12.0 Å². The third-order valence-electron chi connectivity index (χ3n) is 1.85. The summed E-state index contributed by atoms with van der Waals surface area (Å²) in [6, 6.07) is 4.72. The predicted octanol–water partition coefficient (Wildman–Crippen LogP) is 4.05. The van der Waals surface area contributed by atoms with Crippen LogP contribution in [0.2, 0.25) is 5.02 Å². The van der Waals surface area contributed by atoms with Crippen molar-refractivity contribution in [3.8, 4) is 5.75 Å². The van der Waals surface area contributed by atoms with Crippen molar-refractivity contribution in [2.45, 2.75) is 19.0 Å². The molecule has 0 atom stereocenters. The first-order valence-corrected chi connectivity index (χ1v) is 5.07. The summed E-state index contributed by atoms with van der Waals surface area (Å²) in [4.78, 5) is 0. The van der Waals surface area contributed by atoms with E-state index in [1.54, 1.807) is 12.1 Å². The lowest BCUT2D eigenvalue weighted by atomic mass is 10.1. The molecule has 89 valence electrons. The summed E-state index contributed by atoms with van der Waals surface area (Å²) >= 11 is 5.78. The van der Waals surface area contributed by atoms with Crippen molar-refractivity contribution in [3.05, 3.63) is 35.7 Å². The van der Waals surface area contributed by atoms with Crippen molar-refractivity contribution in [2.24, 2.45) is 0 Å². The van der Waals surface area contributed by atoms with E-state index in [-0.39, 0.29) is 10.8 Å². The Morgan fingerprint density at radius 3 is 2.50 bits per heavy atom. The van der Waals surface area contributed by atoms with Gasteiger partial charge in [-0.3, -0.25) is 0 Å². The molecule has 0 aliphatic heterocycles. The molecule has 0 aliphatic rings. The predicted molar refractivity (Wildman–Crippen MR) is 56.7 cm³/mol. The van der Waals surface area contributed by atoms with Gasteiger partial charge >= 0.3 is 6.18 Å². The van der Waals surface area contributed by atoms with Crippen molar-refractivity contribution in [3.63, 3.8) is 0 Å². The molecule has 0 heterocycles. The first-order chi connectivity index (χ1) is 7.42. The van der Waals surface area contributed by atoms with Crippen LogP contribution in [0.1, 0.15) is 12.0 Å². The second-order valence-electron chi connectivity index (χ2n) is 3.27. The number of hydrogen-bond acceptors (Lipinski definition) is 1. The fourth-order valence-electron chi connectivity index (χ4n) is 1.18. The Hall–Kier alpha value is -0.900. The molecular weight excluding hydrogens is 241 g/mol. The van der Waals surface area contributed by atoms with Crippen LogP contribution in [0.4, 0.5) is 13.2 Å². The van der Waals surface area contributed by atoms with Crippen LogP contribution in [0, 0.1) is 6.92 Å². The topological polar surface area (TPSA) is 9.23 Å². The lowest BCUT2D eigenvalue weighted by molar-refractivity contribution is -0.153. The Morgan fingerprint density at radius 2 is 2.00 bits per heavy atom. The zero-order valence-corrected chi connectivity index (χ0v) is 9.24. The number of benzene rings is 1. The van der Waals surface area contributed by atoms with Crippen molar-refractivity contribution in [1.82, 2.24) is 0 Å². The maximum Gasteiger partial charge on any atom is 0.422 e. The van der Waals surface area contributed by atoms with E-state index in [1.807, 2.05) is 0 Å². The van der Waals surface area contributed by atoms with E-state index in [2.05, 4.69) is 11.7 Å². The Kier molecular flexibility index (Phi) is 4.47. The third kappa shape index (κ3) is 4.31. The Balaban J connectivity index is 2.68. The average molecular weight is 252 g/mol. The standard InChI is InChI=1S/C11H11ClF3O/c1-2-3-8-4-5-10(9(12)6-8)16-7-11(13,14)15/h4-6H,1-3,7H2. The fourth-order valence-corrected chi connectivity index (χ4v) is 1.44. The lowest BCUT2D eigenvalue weighted by Gasteiger charge is -2.11. The second-order valence-corrected chi connectivity index (χ2v) is 3.68. The quantitative estimate of drug-likeness (QED) is 0.785. The molecule has 1 rings (SSSR count). The third-order valence-corrected chi connectivity index (χ3v) is 2.15. The van der Waals surface area contributed by atoms with Gasteiger partial charge in [0.2, 0.25) is 0 Å². The van der Waals surface area contributed by atoms with Gasteiger partial charge in [-0.15, -0.1) is 0 Å². The second kappa shape index (κ2) is 5.43. The van der Waals surface area contributed by atoms with Gasteiger partial charge in [0.1, 0.15) is 5.75 Å². The van der Waals surface area contributed by atoms with Crippen LogP contribution in [-0.2, 0) is 6.42 Å². The highest BCUT2D eigenvalue weighted by molar-refractivity contribution is 6.32. The van der Waals surface area contributed by atoms with Crippen LogP contribution in [0.5, 0.6) is 5.75 Å². The minimum Gasteiger partial charge on any atom is -0.483 e. The van der Waals surface area contributed by atoms with Crippen LogP contribution in [0.3, 0.4) is 0 Å². The molecule has 0 saturated carbocycles. The first kappa shape index (κ1) is 13.2. The van der Waals surface area contributed by atoms with Gasteiger partial charge in [0.25, 0.3) is 0 Å². The summed E-state index contributed by atoms with van der Waals surface area (Å²) in [7, 11) is 0. The van der Waals surface area contributed by atoms with Crippen LogP contribution in [0.15, 0.2) is 18.2 Å². The van der Waals surface area contributed by atoms with Gasteiger partial charge in [-0.25, -0.2) is 0 Å². The molecule has 1 aromatic rings. The molecule has 1 radical (unpaired) electrons. The molecule has 0 amide bonds. The SMILES string of the molecule is [CH2]CCc1ccc(OCC(F)(F)F)c(Cl)c1. The van der Waals surface area contributed by atoms with Gasteiger partial charge in [-0.2, -0.15) is 13.2 Å². The molecule has 0 saturated heterocycles. The normalized spacial score (nSPS) is 11.6. The molecule has 0 spiro atoms. The molecule has 0 fully saturated rings. The van der Waals surface area contributed by atoms with E-state index in [0.29, 0.717) is 6.42 Å². The van der Waals surface area contributed by atoms with Crippen LogP contribution >= 0.6 is 11.6 Å².